The molecule has 1 amide bonds. The van der Waals surface area contributed by atoms with Crippen LogP contribution in [0.15, 0.2) is 47.6 Å². The van der Waals surface area contributed by atoms with Crippen LogP contribution in [-0.2, 0) is 21.9 Å². The van der Waals surface area contributed by atoms with Crippen molar-refractivity contribution in [3.05, 3.63) is 42.7 Å². The summed E-state index contributed by atoms with van der Waals surface area (Å²) in [6, 6.07) is 8.63. The fourth-order valence-corrected chi connectivity index (χ4v) is 4.63. The van der Waals surface area contributed by atoms with Gasteiger partial charge in [0.2, 0.25) is 15.9 Å². The predicted molar refractivity (Wildman–Crippen MR) is 90.0 cm³/mol. The Kier molecular flexibility index (Phi) is 4.42. The number of sulfonamides is 1. The van der Waals surface area contributed by atoms with Gasteiger partial charge in [-0.1, -0.05) is 25.1 Å². The van der Waals surface area contributed by atoms with Crippen LogP contribution >= 0.6 is 0 Å². The lowest BCUT2D eigenvalue weighted by molar-refractivity contribution is -0.120. The predicted octanol–water partition coefficient (Wildman–Crippen LogP) is 1.24. The molecule has 3 rings (SSSR count). The van der Waals surface area contributed by atoms with E-state index in [0.29, 0.717) is 13.0 Å². The molecule has 7 nitrogen and oxygen atoms in total. The third-order valence-corrected chi connectivity index (χ3v) is 6.13. The molecule has 0 aliphatic carbocycles. The van der Waals surface area contributed by atoms with Crippen LogP contribution in [0.25, 0.3) is 0 Å². The maximum absolute atomic E-state index is 12.9. The standard InChI is InChI=1S/C16H20N4O3S/c1-3-20(24(22,23)14-11-17-18(2)12-14)15-9-10-19(16(15)21)13-7-5-4-6-8-13/h4-8,11-12,15H,3,9-10H2,1-2H3/t15-/m0/s1. The first-order chi connectivity index (χ1) is 11.4. The molecular weight excluding hydrogens is 328 g/mol. The van der Waals surface area contributed by atoms with Gasteiger partial charge in [0.15, 0.2) is 0 Å². The highest BCUT2D eigenvalue weighted by Crippen LogP contribution is 2.27. The number of benzene rings is 1. The number of likely N-dealkylation sites (N-methyl/N-ethyl adjacent to an activating group) is 1. The van der Waals surface area contributed by atoms with Crippen molar-refractivity contribution in [1.82, 2.24) is 14.1 Å². The van der Waals surface area contributed by atoms with E-state index in [-0.39, 0.29) is 17.3 Å². The van der Waals surface area contributed by atoms with Crippen LogP contribution in [0, 0.1) is 0 Å². The van der Waals surface area contributed by atoms with Gasteiger partial charge in [0, 0.05) is 32.0 Å². The van der Waals surface area contributed by atoms with E-state index >= 15 is 0 Å². The molecule has 1 atom stereocenters. The Morgan fingerprint density at radius 2 is 2.00 bits per heavy atom. The van der Waals surface area contributed by atoms with Crippen molar-refractivity contribution in [3.8, 4) is 0 Å². The zero-order valence-corrected chi connectivity index (χ0v) is 14.5. The van der Waals surface area contributed by atoms with Gasteiger partial charge in [0.25, 0.3) is 0 Å². The molecule has 2 aromatic rings. The molecule has 1 aromatic carbocycles. The van der Waals surface area contributed by atoms with Crippen LogP contribution in [0.1, 0.15) is 13.3 Å². The molecule has 1 aliphatic heterocycles. The largest absolute Gasteiger partial charge is 0.311 e. The lowest BCUT2D eigenvalue weighted by Crippen LogP contribution is -2.45. The summed E-state index contributed by atoms with van der Waals surface area (Å²) in [5, 5.41) is 3.92. The topological polar surface area (TPSA) is 75.5 Å². The van der Waals surface area contributed by atoms with Crippen LogP contribution in [0.2, 0.25) is 0 Å². The first-order valence-corrected chi connectivity index (χ1v) is 9.26. The summed E-state index contributed by atoms with van der Waals surface area (Å²) in [7, 11) is -2.09. The minimum atomic E-state index is -3.75. The molecule has 8 heteroatoms. The Morgan fingerprint density at radius 1 is 1.29 bits per heavy atom. The molecule has 1 fully saturated rings. The number of hydrogen-bond donors (Lipinski definition) is 0. The van der Waals surface area contributed by atoms with E-state index in [1.54, 1.807) is 18.9 Å². The number of amides is 1. The molecule has 0 saturated carbocycles. The van der Waals surface area contributed by atoms with Crippen LogP contribution in [-0.4, -0.2) is 47.5 Å². The molecule has 1 aliphatic rings. The van der Waals surface area contributed by atoms with Crippen molar-refractivity contribution >= 4 is 21.6 Å². The summed E-state index contributed by atoms with van der Waals surface area (Å²) in [5.74, 6) is -0.185. The van der Waals surface area contributed by atoms with E-state index in [2.05, 4.69) is 5.10 Å². The molecule has 0 N–H and O–H groups in total. The Morgan fingerprint density at radius 3 is 2.58 bits per heavy atom. The smallest absolute Gasteiger partial charge is 0.246 e. The summed E-state index contributed by atoms with van der Waals surface area (Å²) in [4.78, 5) is 14.5. The maximum Gasteiger partial charge on any atom is 0.246 e. The van der Waals surface area contributed by atoms with E-state index < -0.39 is 16.1 Å². The number of aryl methyl sites for hydroxylation is 1. The lowest BCUT2D eigenvalue weighted by Gasteiger charge is -2.25. The zero-order chi connectivity index (χ0) is 17.3. The molecule has 24 heavy (non-hydrogen) atoms. The molecule has 2 heterocycles. The van der Waals surface area contributed by atoms with Gasteiger partial charge in [0.05, 0.1) is 6.20 Å². The minimum Gasteiger partial charge on any atom is -0.311 e. The quantitative estimate of drug-likeness (QED) is 0.815. The van der Waals surface area contributed by atoms with E-state index in [1.807, 2.05) is 30.3 Å². The fourth-order valence-electron chi connectivity index (χ4n) is 3.02. The summed E-state index contributed by atoms with van der Waals surface area (Å²) in [5.41, 5.74) is 0.792. The van der Waals surface area contributed by atoms with Gasteiger partial charge in [-0.2, -0.15) is 9.40 Å². The Balaban J connectivity index is 1.88. The van der Waals surface area contributed by atoms with Crippen LogP contribution in [0.4, 0.5) is 5.69 Å². The van der Waals surface area contributed by atoms with Crippen LogP contribution in [0.5, 0.6) is 0 Å². The summed E-state index contributed by atoms with van der Waals surface area (Å²) >= 11 is 0. The van der Waals surface area contributed by atoms with Gasteiger partial charge in [-0.15, -0.1) is 0 Å². The third kappa shape index (κ3) is 2.83. The van der Waals surface area contributed by atoms with Crippen molar-refractivity contribution in [2.24, 2.45) is 7.05 Å². The van der Waals surface area contributed by atoms with E-state index in [4.69, 9.17) is 0 Å². The van der Waals surface area contributed by atoms with Crippen molar-refractivity contribution in [2.75, 3.05) is 18.0 Å². The molecule has 1 aromatic heterocycles. The highest BCUT2D eigenvalue weighted by Gasteiger charge is 2.41. The average molecular weight is 348 g/mol. The van der Waals surface area contributed by atoms with Gasteiger partial charge >= 0.3 is 0 Å². The molecule has 0 spiro atoms. The van der Waals surface area contributed by atoms with Crippen LogP contribution < -0.4 is 4.90 Å². The lowest BCUT2D eigenvalue weighted by atomic mass is 10.2. The minimum absolute atomic E-state index is 0.109. The molecule has 0 radical (unpaired) electrons. The second kappa shape index (κ2) is 6.37. The Labute approximate surface area is 141 Å². The van der Waals surface area contributed by atoms with Crippen LogP contribution in [0.3, 0.4) is 0 Å². The van der Waals surface area contributed by atoms with E-state index in [0.717, 1.165) is 5.69 Å². The molecule has 128 valence electrons. The molecule has 0 bridgehead atoms. The van der Waals surface area contributed by atoms with Crippen molar-refractivity contribution in [3.63, 3.8) is 0 Å². The second-order valence-corrected chi connectivity index (χ2v) is 7.58. The number of hydrogen-bond acceptors (Lipinski definition) is 4. The maximum atomic E-state index is 12.9. The molecule has 1 saturated heterocycles. The van der Waals surface area contributed by atoms with Gasteiger partial charge < -0.3 is 4.90 Å². The summed E-state index contributed by atoms with van der Waals surface area (Å²) in [6.07, 6.45) is 3.24. The van der Waals surface area contributed by atoms with Crippen molar-refractivity contribution < 1.29 is 13.2 Å². The Hall–Kier alpha value is -2.19. The number of para-hydroxylation sites is 1. The fraction of sp³-hybridized carbons (Fsp3) is 0.375. The SMILES string of the molecule is CCN([C@H]1CCN(c2ccccc2)C1=O)S(=O)(=O)c1cnn(C)c1. The highest BCUT2D eigenvalue weighted by atomic mass is 32.2. The zero-order valence-electron chi connectivity index (χ0n) is 13.7. The van der Waals surface area contributed by atoms with Crippen molar-refractivity contribution in [1.29, 1.82) is 0 Å². The van der Waals surface area contributed by atoms with Gasteiger partial charge in [-0.25, -0.2) is 8.42 Å². The number of carbonyl (C=O) groups excluding carboxylic acids is 1. The Bertz CT molecular complexity index is 832. The number of aromatic nitrogens is 2. The summed E-state index contributed by atoms with van der Waals surface area (Å²) in [6.45, 7) is 2.48. The normalized spacial score (nSPS) is 18.5. The highest BCUT2D eigenvalue weighted by molar-refractivity contribution is 7.89. The van der Waals surface area contributed by atoms with Gasteiger partial charge in [-0.3, -0.25) is 9.48 Å². The van der Waals surface area contributed by atoms with E-state index in [1.165, 1.54) is 21.4 Å². The first-order valence-electron chi connectivity index (χ1n) is 7.82. The van der Waals surface area contributed by atoms with Gasteiger partial charge in [0.1, 0.15) is 10.9 Å². The number of anilines is 1. The average Bonchev–Trinajstić information content (AvgIpc) is 3.16. The molecule has 0 unspecified atom stereocenters. The first kappa shape index (κ1) is 16.7. The monoisotopic (exact) mass is 348 g/mol. The molecular formula is C16H20N4O3S. The number of carbonyl (C=O) groups is 1. The number of nitrogens with zero attached hydrogens (tertiary/aromatic N) is 4. The van der Waals surface area contributed by atoms with Gasteiger partial charge in [-0.05, 0) is 18.6 Å². The number of rotatable bonds is 5. The summed E-state index contributed by atoms with van der Waals surface area (Å²) < 4.78 is 28.4. The second-order valence-electron chi connectivity index (χ2n) is 5.69. The third-order valence-electron chi connectivity index (χ3n) is 4.19. The van der Waals surface area contributed by atoms with E-state index in [9.17, 15) is 13.2 Å². The van der Waals surface area contributed by atoms with Crippen molar-refractivity contribution in [2.45, 2.75) is 24.3 Å².